The summed E-state index contributed by atoms with van der Waals surface area (Å²) >= 11 is 3.47. The van der Waals surface area contributed by atoms with Crippen molar-refractivity contribution in [3.63, 3.8) is 0 Å². The summed E-state index contributed by atoms with van der Waals surface area (Å²) in [6, 6.07) is 13.9. The van der Waals surface area contributed by atoms with Gasteiger partial charge in [0, 0.05) is 10.0 Å². The van der Waals surface area contributed by atoms with Crippen LogP contribution >= 0.6 is 15.9 Å². The molecule has 0 bridgehead atoms. The molecule has 17 heavy (non-hydrogen) atoms. The Balaban J connectivity index is 2.56. The molecule has 0 amide bonds. The fourth-order valence-electron chi connectivity index (χ4n) is 1.70. The Bertz CT molecular complexity index is 523. The molecule has 2 aromatic carbocycles. The third-order valence-electron chi connectivity index (χ3n) is 2.54. The van der Waals surface area contributed by atoms with Crippen LogP contribution in [0.4, 0.5) is 0 Å². The van der Waals surface area contributed by atoms with Gasteiger partial charge in [0.1, 0.15) is 11.5 Å². The molecule has 0 aliphatic rings. The van der Waals surface area contributed by atoms with E-state index in [0.717, 1.165) is 27.1 Å². The Morgan fingerprint density at radius 1 is 0.941 bits per heavy atom. The highest BCUT2D eigenvalue weighted by Gasteiger charge is 2.07. The van der Waals surface area contributed by atoms with Crippen molar-refractivity contribution in [1.29, 1.82) is 0 Å². The highest BCUT2D eigenvalue weighted by atomic mass is 79.9. The fraction of sp³-hybridized carbons (Fsp3) is 0.143. The zero-order valence-electron chi connectivity index (χ0n) is 9.74. The van der Waals surface area contributed by atoms with Gasteiger partial charge in [-0.25, -0.2) is 0 Å². The Morgan fingerprint density at radius 3 is 2.41 bits per heavy atom. The molecule has 0 fully saturated rings. The van der Waals surface area contributed by atoms with Gasteiger partial charge < -0.3 is 9.47 Å². The van der Waals surface area contributed by atoms with Crippen molar-refractivity contribution < 1.29 is 9.47 Å². The predicted octanol–water partition coefficient (Wildman–Crippen LogP) is 4.13. The lowest BCUT2D eigenvalue weighted by molar-refractivity contribution is 0.404. The zero-order chi connectivity index (χ0) is 12.3. The van der Waals surface area contributed by atoms with E-state index in [1.807, 2.05) is 36.4 Å². The van der Waals surface area contributed by atoms with Crippen LogP contribution in [0.25, 0.3) is 11.1 Å². The van der Waals surface area contributed by atoms with E-state index in [4.69, 9.17) is 9.47 Å². The molecule has 0 saturated carbocycles. The first-order valence-corrected chi connectivity index (χ1v) is 6.02. The molecule has 0 heterocycles. The molecule has 0 unspecified atom stereocenters. The summed E-state index contributed by atoms with van der Waals surface area (Å²) in [5.74, 6) is 1.66. The van der Waals surface area contributed by atoms with Crippen LogP contribution in [0.2, 0.25) is 0 Å². The molecule has 3 heteroatoms. The van der Waals surface area contributed by atoms with Crippen molar-refractivity contribution >= 4 is 15.9 Å². The topological polar surface area (TPSA) is 18.5 Å². The van der Waals surface area contributed by atoms with Gasteiger partial charge in [-0.3, -0.25) is 0 Å². The minimum Gasteiger partial charge on any atom is -0.497 e. The van der Waals surface area contributed by atoms with Crippen molar-refractivity contribution in [2.45, 2.75) is 0 Å². The standard InChI is InChI=1S/C14H13BrO2/c1-16-12-6-7-14(17-2)13(9-12)10-4-3-5-11(15)8-10/h3-9H,1-2H3. The first kappa shape index (κ1) is 12.0. The maximum absolute atomic E-state index is 5.37. The van der Waals surface area contributed by atoms with E-state index >= 15 is 0 Å². The van der Waals surface area contributed by atoms with Crippen LogP contribution in [-0.4, -0.2) is 14.2 Å². The molecule has 0 saturated heterocycles. The minimum absolute atomic E-state index is 0.820. The number of hydrogen-bond acceptors (Lipinski definition) is 2. The Hall–Kier alpha value is -1.48. The second kappa shape index (κ2) is 5.23. The van der Waals surface area contributed by atoms with Gasteiger partial charge >= 0.3 is 0 Å². The van der Waals surface area contributed by atoms with Crippen molar-refractivity contribution in [3.05, 3.63) is 46.9 Å². The maximum Gasteiger partial charge on any atom is 0.126 e. The Morgan fingerprint density at radius 2 is 1.76 bits per heavy atom. The molecular formula is C14H13BrO2. The van der Waals surface area contributed by atoms with E-state index in [-0.39, 0.29) is 0 Å². The van der Waals surface area contributed by atoms with Gasteiger partial charge in [0.05, 0.1) is 14.2 Å². The largest absolute Gasteiger partial charge is 0.497 e. The van der Waals surface area contributed by atoms with Crippen molar-refractivity contribution in [2.24, 2.45) is 0 Å². The first-order chi connectivity index (χ1) is 8.24. The summed E-state index contributed by atoms with van der Waals surface area (Å²) in [6.07, 6.45) is 0. The molecule has 0 aromatic heterocycles. The minimum atomic E-state index is 0.820. The third-order valence-corrected chi connectivity index (χ3v) is 3.04. The number of rotatable bonds is 3. The summed E-state index contributed by atoms with van der Waals surface area (Å²) in [7, 11) is 3.33. The zero-order valence-corrected chi connectivity index (χ0v) is 11.3. The van der Waals surface area contributed by atoms with E-state index in [9.17, 15) is 0 Å². The molecule has 0 atom stereocenters. The van der Waals surface area contributed by atoms with Crippen molar-refractivity contribution in [3.8, 4) is 22.6 Å². The van der Waals surface area contributed by atoms with Gasteiger partial charge in [0.25, 0.3) is 0 Å². The second-order valence-electron chi connectivity index (χ2n) is 3.58. The summed E-state index contributed by atoms with van der Waals surface area (Å²) < 4.78 is 11.6. The molecule has 88 valence electrons. The molecular weight excluding hydrogens is 280 g/mol. The van der Waals surface area contributed by atoms with Gasteiger partial charge in [-0.15, -0.1) is 0 Å². The van der Waals surface area contributed by atoms with Crippen LogP contribution in [0.1, 0.15) is 0 Å². The van der Waals surface area contributed by atoms with E-state index < -0.39 is 0 Å². The quantitative estimate of drug-likeness (QED) is 0.847. The second-order valence-corrected chi connectivity index (χ2v) is 4.49. The number of ether oxygens (including phenoxy) is 2. The van der Waals surface area contributed by atoms with Crippen LogP contribution in [-0.2, 0) is 0 Å². The monoisotopic (exact) mass is 292 g/mol. The van der Waals surface area contributed by atoms with E-state index in [0.29, 0.717) is 0 Å². The fourth-order valence-corrected chi connectivity index (χ4v) is 2.09. The van der Waals surface area contributed by atoms with Crippen LogP contribution in [0, 0.1) is 0 Å². The lowest BCUT2D eigenvalue weighted by Gasteiger charge is -2.10. The Labute approximate surface area is 109 Å². The molecule has 0 aliphatic carbocycles. The molecule has 0 spiro atoms. The van der Waals surface area contributed by atoms with Crippen LogP contribution in [0.5, 0.6) is 11.5 Å². The molecule has 2 nitrogen and oxygen atoms in total. The molecule has 0 N–H and O–H groups in total. The average Bonchev–Trinajstić information content (AvgIpc) is 2.38. The smallest absolute Gasteiger partial charge is 0.126 e. The van der Waals surface area contributed by atoms with E-state index in [1.165, 1.54) is 0 Å². The summed E-state index contributed by atoms with van der Waals surface area (Å²) in [5, 5.41) is 0. The van der Waals surface area contributed by atoms with Gasteiger partial charge in [-0.2, -0.15) is 0 Å². The average molecular weight is 293 g/mol. The molecule has 0 radical (unpaired) electrons. The lowest BCUT2D eigenvalue weighted by atomic mass is 10.0. The SMILES string of the molecule is COc1ccc(OC)c(-c2cccc(Br)c2)c1. The van der Waals surface area contributed by atoms with Gasteiger partial charge in [-0.1, -0.05) is 28.1 Å². The molecule has 2 aromatic rings. The van der Waals surface area contributed by atoms with E-state index in [2.05, 4.69) is 22.0 Å². The molecule has 2 rings (SSSR count). The van der Waals surface area contributed by atoms with Gasteiger partial charge in [-0.05, 0) is 35.9 Å². The number of hydrogen-bond donors (Lipinski definition) is 0. The lowest BCUT2D eigenvalue weighted by Crippen LogP contribution is -1.90. The van der Waals surface area contributed by atoms with Crippen LogP contribution < -0.4 is 9.47 Å². The third kappa shape index (κ3) is 2.61. The molecule has 0 aliphatic heterocycles. The normalized spacial score (nSPS) is 10.1. The highest BCUT2D eigenvalue weighted by molar-refractivity contribution is 9.10. The number of halogens is 1. The van der Waals surface area contributed by atoms with Crippen molar-refractivity contribution in [1.82, 2.24) is 0 Å². The number of benzene rings is 2. The first-order valence-electron chi connectivity index (χ1n) is 5.22. The van der Waals surface area contributed by atoms with Crippen LogP contribution in [0.3, 0.4) is 0 Å². The van der Waals surface area contributed by atoms with E-state index in [1.54, 1.807) is 14.2 Å². The highest BCUT2D eigenvalue weighted by Crippen LogP contribution is 2.34. The number of methoxy groups -OCH3 is 2. The van der Waals surface area contributed by atoms with Crippen LogP contribution in [0.15, 0.2) is 46.9 Å². The van der Waals surface area contributed by atoms with Gasteiger partial charge in [0.15, 0.2) is 0 Å². The Kier molecular flexibility index (Phi) is 3.69. The predicted molar refractivity (Wildman–Crippen MR) is 72.7 cm³/mol. The summed E-state index contributed by atoms with van der Waals surface area (Å²) in [4.78, 5) is 0. The summed E-state index contributed by atoms with van der Waals surface area (Å²) in [5.41, 5.74) is 2.11. The van der Waals surface area contributed by atoms with Crippen molar-refractivity contribution in [2.75, 3.05) is 14.2 Å². The maximum atomic E-state index is 5.37. The van der Waals surface area contributed by atoms with Gasteiger partial charge in [0.2, 0.25) is 0 Å². The summed E-state index contributed by atoms with van der Waals surface area (Å²) in [6.45, 7) is 0.